The molecule has 0 radical (unpaired) electrons. The van der Waals surface area contributed by atoms with E-state index in [1.807, 2.05) is 18.2 Å². The quantitative estimate of drug-likeness (QED) is 0.571. The van der Waals surface area contributed by atoms with Gasteiger partial charge in [-0.3, -0.25) is 5.41 Å². The number of fused-ring (bicyclic) bond motifs is 2. The van der Waals surface area contributed by atoms with E-state index in [-0.39, 0.29) is 24.3 Å². The fourth-order valence-electron chi connectivity index (χ4n) is 2.30. The third-order valence-electron chi connectivity index (χ3n) is 3.20. The molecule has 0 fully saturated rings. The molecule has 2 heterocycles. The Kier molecular flexibility index (Phi) is 3.42. The zero-order chi connectivity index (χ0) is 15.0. The lowest BCUT2D eigenvalue weighted by atomic mass is 9.90. The third kappa shape index (κ3) is 2.64. The number of aromatic hydroxyl groups is 1. The Morgan fingerprint density at radius 3 is 3.00 bits per heavy atom. The molecule has 4 N–H and O–H groups in total. The van der Waals surface area contributed by atoms with E-state index in [0.29, 0.717) is 17.2 Å². The predicted molar refractivity (Wildman–Crippen MR) is 79.8 cm³/mol. The maximum atomic E-state index is 9.65. The minimum atomic E-state index is -0.354. The number of hydrogen-bond acceptors (Lipinski definition) is 5. The van der Waals surface area contributed by atoms with E-state index in [2.05, 4.69) is 20.9 Å². The molecule has 1 aliphatic rings. The average Bonchev–Trinajstić information content (AvgIpc) is 2.44. The minimum absolute atomic E-state index is 0.0450. The van der Waals surface area contributed by atoms with Crippen LogP contribution in [0.2, 0.25) is 0 Å². The van der Waals surface area contributed by atoms with Gasteiger partial charge in [0, 0.05) is 15.6 Å². The Labute approximate surface area is 129 Å². The molecule has 0 bridgehead atoms. The molecule has 108 valence electrons. The van der Waals surface area contributed by atoms with Crippen molar-refractivity contribution in [2.45, 2.75) is 5.92 Å². The van der Waals surface area contributed by atoms with Gasteiger partial charge in [0.05, 0.1) is 12.1 Å². The predicted octanol–water partition coefficient (Wildman–Crippen LogP) is 2.70. The summed E-state index contributed by atoms with van der Waals surface area (Å²) in [5.41, 5.74) is 6.84. The highest BCUT2D eigenvalue weighted by Gasteiger charge is 2.29. The number of aromatic nitrogens is 1. The second-order valence-corrected chi connectivity index (χ2v) is 5.52. The van der Waals surface area contributed by atoms with E-state index in [0.717, 1.165) is 10.0 Å². The Morgan fingerprint density at radius 1 is 1.43 bits per heavy atom. The van der Waals surface area contributed by atoms with Gasteiger partial charge in [0.25, 0.3) is 6.02 Å². The van der Waals surface area contributed by atoms with Crippen molar-refractivity contribution in [1.82, 2.24) is 4.98 Å². The third-order valence-corrected chi connectivity index (χ3v) is 3.69. The largest absolute Gasteiger partial charge is 0.506 e. The highest BCUT2D eigenvalue weighted by molar-refractivity contribution is 9.10. The van der Waals surface area contributed by atoms with Crippen molar-refractivity contribution in [2.24, 2.45) is 5.73 Å². The monoisotopic (exact) mass is 349 g/mol. The van der Waals surface area contributed by atoms with Crippen LogP contribution in [0.3, 0.4) is 0 Å². The van der Waals surface area contributed by atoms with E-state index in [1.165, 1.54) is 6.20 Å². The van der Waals surface area contributed by atoms with Gasteiger partial charge >= 0.3 is 0 Å². The van der Waals surface area contributed by atoms with Crippen molar-refractivity contribution in [3.05, 3.63) is 46.1 Å². The zero-order valence-electron chi connectivity index (χ0n) is 10.8. The van der Waals surface area contributed by atoms with E-state index >= 15 is 0 Å². The van der Waals surface area contributed by atoms with E-state index in [4.69, 9.17) is 20.6 Å². The number of rotatable bonds is 2. The summed E-state index contributed by atoms with van der Waals surface area (Å²) in [7, 11) is 0. The second kappa shape index (κ2) is 5.25. The van der Waals surface area contributed by atoms with Crippen molar-refractivity contribution >= 4 is 22.0 Å². The number of nitrogens with two attached hydrogens (primary N) is 1. The summed E-state index contributed by atoms with van der Waals surface area (Å²) in [6.07, 6.45) is 1.32. The summed E-state index contributed by atoms with van der Waals surface area (Å²) in [4.78, 5) is 4.09. The van der Waals surface area contributed by atoms with Crippen molar-refractivity contribution in [3.63, 3.8) is 0 Å². The summed E-state index contributed by atoms with van der Waals surface area (Å²) < 4.78 is 11.8. The number of pyridine rings is 1. The highest BCUT2D eigenvalue weighted by atomic mass is 79.9. The molecule has 0 amide bonds. The number of amidine groups is 1. The fraction of sp³-hybridized carbons (Fsp3) is 0.143. The topological polar surface area (TPSA) is 101 Å². The van der Waals surface area contributed by atoms with E-state index in [9.17, 15) is 5.11 Å². The fourth-order valence-corrected chi connectivity index (χ4v) is 2.68. The van der Waals surface area contributed by atoms with Crippen LogP contribution in [0.15, 0.2) is 34.9 Å². The first-order valence-electron chi connectivity index (χ1n) is 6.17. The van der Waals surface area contributed by atoms with Crippen LogP contribution in [0.4, 0.5) is 0 Å². The van der Waals surface area contributed by atoms with Crippen LogP contribution in [-0.2, 0) is 4.74 Å². The standard InChI is InChI=1S/C14H12BrN3O3/c15-7-1-2-12-9(3-7)11(6-20-14(16)17)10-4-8(19)5-18-13(10)21-12/h1-5,11,19H,6H2,(H3,16,17)/t11-/m1/s1. The summed E-state index contributed by atoms with van der Waals surface area (Å²) in [6.45, 7) is 0.167. The number of halogens is 1. The smallest absolute Gasteiger partial charge is 0.279 e. The number of benzene rings is 1. The number of nitrogens with one attached hydrogen (secondary N) is 1. The lowest BCUT2D eigenvalue weighted by Crippen LogP contribution is -2.21. The Balaban J connectivity index is 2.09. The molecule has 21 heavy (non-hydrogen) atoms. The van der Waals surface area contributed by atoms with Crippen LogP contribution < -0.4 is 10.5 Å². The van der Waals surface area contributed by atoms with Gasteiger partial charge in [-0.25, -0.2) is 4.98 Å². The van der Waals surface area contributed by atoms with Gasteiger partial charge in [0.15, 0.2) is 0 Å². The molecule has 1 aromatic carbocycles. The molecule has 0 aliphatic carbocycles. The van der Waals surface area contributed by atoms with Gasteiger partial charge in [-0.1, -0.05) is 15.9 Å². The summed E-state index contributed by atoms with van der Waals surface area (Å²) in [6, 6.07) is 6.84. The Morgan fingerprint density at radius 2 is 2.24 bits per heavy atom. The lowest BCUT2D eigenvalue weighted by molar-refractivity contribution is 0.272. The first-order valence-corrected chi connectivity index (χ1v) is 6.97. The average molecular weight is 350 g/mol. The SMILES string of the molecule is N=C(N)OC[C@@H]1c2cc(Br)ccc2Oc2ncc(O)cc21. The van der Waals surface area contributed by atoms with Crippen LogP contribution in [0.5, 0.6) is 17.4 Å². The molecule has 7 heteroatoms. The van der Waals surface area contributed by atoms with Crippen LogP contribution in [0.1, 0.15) is 17.0 Å². The van der Waals surface area contributed by atoms with Gasteiger partial charge < -0.3 is 20.3 Å². The van der Waals surface area contributed by atoms with Crippen LogP contribution in [-0.4, -0.2) is 22.7 Å². The van der Waals surface area contributed by atoms with Gasteiger partial charge in [-0.05, 0) is 24.3 Å². The van der Waals surface area contributed by atoms with Gasteiger partial charge in [-0.15, -0.1) is 0 Å². The lowest BCUT2D eigenvalue weighted by Gasteiger charge is -2.27. The van der Waals surface area contributed by atoms with Crippen molar-refractivity contribution < 1.29 is 14.6 Å². The van der Waals surface area contributed by atoms with Crippen molar-refractivity contribution in [2.75, 3.05) is 6.61 Å². The second-order valence-electron chi connectivity index (χ2n) is 4.60. The van der Waals surface area contributed by atoms with Gasteiger partial charge in [0.1, 0.15) is 18.1 Å². The molecule has 1 atom stereocenters. The maximum absolute atomic E-state index is 9.65. The normalized spacial score (nSPS) is 15.6. The van der Waals surface area contributed by atoms with Gasteiger partial charge in [0.2, 0.25) is 5.88 Å². The summed E-state index contributed by atoms with van der Waals surface area (Å²) in [5, 5.41) is 16.9. The molecule has 0 saturated carbocycles. The van der Waals surface area contributed by atoms with E-state index in [1.54, 1.807) is 6.07 Å². The molecular weight excluding hydrogens is 338 g/mol. The highest BCUT2D eigenvalue weighted by Crippen LogP contribution is 2.44. The van der Waals surface area contributed by atoms with Crippen LogP contribution in [0, 0.1) is 5.41 Å². The maximum Gasteiger partial charge on any atom is 0.279 e. The number of nitrogens with zero attached hydrogens (tertiary/aromatic N) is 1. The molecule has 1 aromatic heterocycles. The van der Waals surface area contributed by atoms with Crippen LogP contribution >= 0.6 is 15.9 Å². The summed E-state index contributed by atoms with van der Waals surface area (Å²) in [5.74, 6) is 0.897. The molecular formula is C14H12BrN3O3. The van der Waals surface area contributed by atoms with E-state index < -0.39 is 0 Å². The minimum Gasteiger partial charge on any atom is -0.506 e. The Hall–Kier alpha value is -2.28. The first kappa shape index (κ1) is 13.7. The Bertz CT molecular complexity index is 669. The zero-order valence-corrected chi connectivity index (χ0v) is 12.4. The number of hydrogen-bond donors (Lipinski definition) is 3. The molecule has 0 spiro atoms. The molecule has 0 saturated heterocycles. The van der Waals surface area contributed by atoms with Crippen molar-refractivity contribution in [1.29, 1.82) is 5.41 Å². The van der Waals surface area contributed by atoms with Crippen molar-refractivity contribution in [3.8, 4) is 17.4 Å². The first-order chi connectivity index (χ1) is 10.0. The molecule has 2 aromatic rings. The van der Waals surface area contributed by atoms with Crippen LogP contribution in [0.25, 0.3) is 0 Å². The molecule has 6 nitrogen and oxygen atoms in total. The van der Waals surface area contributed by atoms with Gasteiger partial charge in [-0.2, -0.15) is 0 Å². The number of ether oxygens (including phenoxy) is 2. The molecule has 0 unspecified atom stereocenters. The summed E-state index contributed by atoms with van der Waals surface area (Å²) >= 11 is 3.42. The molecule has 3 rings (SSSR count). The molecule has 1 aliphatic heterocycles.